The first kappa shape index (κ1) is 15.6. The number of hydrogen-bond donors (Lipinski definition) is 2. The van der Waals surface area contributed by atoms with Crippen molar-refractivity contribution in [3.8, 4) is 0 Å². The molecule has 2 aromatic carbocycles. The fourth-order valence-electron chi connectivity index (χ4n) is 3.08. The summed E-state index contributed by atoms with van der Waals surface area (Å²) in [6, 6.07) is 19.4. The first-order chi connectivity index (χ1) is 11.3. The van der Waals surface area contributed by atoms with Gasteiger partial charge < -0.3 is 10.6 Å². The zero-order valence-electron chi connectivity index (χ0n) is 13.9. The average molecular weight is 307 g/mol. The zero-order chi connectivity index (χ0) is 16.1. The summed E-state index contributed by atoms with van der Waals surface area (Å²) in [7, 11) is 0. The Labute approximate surface area is 138 Å². The molecule has 3 rings (SSSR count). The summed E-state index contributed by atoms with van der Waals surface area (Å²) in [5.74, 6) is 1.46. The van der Waals surface area contributed by atoms with Crippen molar-refractivity contribution in [2.75, 3.05) is 13.1 Å². The molecule has 0 amide bonds. The van der Waals surface area contributed by atoms with E-state index >= 15 is 0 Å². The number of hydrogen-bond acceptors (Lipinski definition) is 1. The summed E-state index contributed by atoms with van der Waals surface area (Å²) in [6.45, 7) is 5.98. The van der Waals surface area contributed by atoms with Crippen molar-refractivity contribution < 1.29 is 0 Å². The van der Waals surface area contributed by atoms with Gasteiger partial charge in [0.2, 0.25) is 0 Å². The summed E-state index contributed by atoms with van der Waals surface area (Å²) in [6.07, 6.45) is 1.15. The number of fused-ring (bicyclic) bond motifs is 1. The third kappa shape index (κ3) is 3.73. The van der Waals surface area contributed by atoms with Crippen LogP contribution in [0.15, 0.2) is 59.6 Å². The molecule has 0 saturated heterocycles. The summed E-state index contributed by atoms with van der Waals surface area (Å²) in [5, 5.41) is 6.85. The van der Waals surface area contributed by atoms with Gasteiger partial charge in [0.05, 0.1) is 6.04 Å². The van der Waals surface area contributed by atoms with Crippen molar-refractivity contribution in [2.45, 2.75) is 32.2 Å². The van der Waals surface area contributed by atoms with E-state index in [1.54, 1.807) is 0 Å². The van der Waals surface area contributed by atoms with Crippen LogP contribution in [0.25, 0.3) is 0 Å². The molecule has 3 heteroatoms. The van der Waals surface area contributed by atoms with Crippen LogP contribution in [-0.2, 0) is 6.42 Å². The predicted molar refractivity (Wildman–Crippen MR) is 96.9 cm³/mol. The van der Waals surface area contributed by atoms with Gasteiger partial charge in [-0.1, -0.05) is 54.6 Å². The molecule has 0 saturated carbocycles. The fourth-order valence-corrected chi connectivity index (χ4v) is 3.08. The van der Waals surface area contributed by atoms with Crippen LogP contribution in [0.2, 0.25) is 0 Å². The van der Waals surface area contributed by atoms with Crippen LogP contribution in [0, 0.1) is 0 Å². The quantitative estimate of drug-likeness (QED) is 0.653. The molecule has 2 unspecified atom stereocenters. The Morgan fingerprint density at radius 1 is 1.13 bits per heavy atom. The summed E-state index contributed by atoms with van der Waals surface area (Å²) in [5.41, 5.74) is 4.21. The lowest BCUT2D eigenvalue weighted by molar-refractivity contribution is 0.609. The maximum atomic E-state index is 4.79. The van der Waals surface area contributed by atoms with Gasteiger partial charge in [0, 0.05) is 19.0 Å². The lowest BCUT2D eigenvalue weighted by atomic mass is 9.78. The number of guanidine groups is 1. The molecule has 2 N–H and O–H groups in total. The number of nitrogens with zero attached hydrogens (tertiary/aromatic N) is 1. The smallest absolute Gasteiger partial charge is 0.191 e. The molecule has 0 aliphatic heterocycles. The second-order valence-electron chi connectivity index (χ2n) is 6.10. The van der Waals surface area contributed by atoms with Gasteiger partial charge in [0.15, 0.2) is 5.96 Å². The Kier molecular flexibility index (Phi) is 4.96. The van der Waals surface area contributed by atoms with E-state index in [2.05, 4.69) is 73.0 Å². The van der Waals surface area contributed by atoms with Crippen molar-refractivity contribution in [3.63, 3.8) is 0 Å². The molecule has 120 valence electrons. The van der Waals surface area contributed by atoms with Gasteiger partial charge in [-0.15, -0.1) is 0 Å². The van der Waals surface area contributed by atoms with E-state index in [9.17, 15) is 0 Å². The molecular weight excluding hydrogens is 282 g/mol. The average Bonchev–Trinajstić information content (AvgIpc) is 2.56. The summed E-state index contributed by atoms with van der Waals surface area (Å²) < 4.78 is 0. The van der Waals surface area contributed by atoms with Crippen LogP contribution in [0.5, 0.6) is 0 Å². The third-order valence-electron chi connectivity index (χ3n) is 4.43. The van der Waals surface area contributed by atoms with Crippen LogP contribution in [-0.4, -0.2) is 19.0 Å². The highest BCUT2D eigenvalue weighted by molar-refractivity contribution is 5.80. The Morgan fingerprint density at radius 2 is 1.87 bits per heavy atom. The molecular formula is C20H25N3. The van der Waals surface area contributed by atoms with E-state index in [0.717, 1.165) is 25.5 Å². The topological polar surface area (TPSA) is 36.4 Å². The van der Waals surface area contributed by atoms with Gasteiger partial charge in [-0.2, -0.15) is 0 Å². The van der Waals surface area contributed by atoms with Gasteiger partial charge >= 0.3 is 0 Å². The molecule has 1 aliphatic carbocycles. The Hall–Kier alpha value is -2.29. The Balaban J connectivity index is 1.62. The summed E-state index contributed by atoms with van der Waals surface area (Å²) >= 11 is 0. The SMILES string of the molecule is CCNC(=NCC1Cc2ccccc21)NC(C)c1ccccc1. The molecule has 0 spiro atoms. The van der Waals surface area contributed by atoms with Crippen molar-refractivity contribution in [1.82, 2.24) is 10.6 Å². The van der Waals surface area contributed by atoms with Gasteiger partial charge in [-0.05, 0) is 37.0 Å². The predicted octanol–water partition coefficient (Wildman–Crippen LogP) is 3.64. The number of aliphatic imine (C=N–C) groups is 1. The zero-order valence-corrected chi connectivity index (χ0v) is 13.9. The largest absolute Gasteiger partial charge is 0.357 e. The second kappa shape index (κ2) is 7.32. The first-order valence-electron chi connectivity index (χ1n) is 8.45. The summed E-state index contributed by atoms with van der Waals surface area (Å²) in [4.78, 5) is 4.79. The van der Waals surface area contributed by atoms with E-state index in [4.69, 9.17) is 4.99 Å². The maximum Gasteiger partial charge on any atom is 0.191 e. The lowest BCUT2D eigenvalue weighted by Crippen LogP contribution is -2.39. The molecule has 0 radical (unpaired) electrons. The second-order valence-corrected chi connectivity index (χ2v) is 6.10. The van der Waals surface area contributed by atoms with Gasteiger partial charge in [0.25, 0.3) is 0 Å². The molecule has 2 atom stereocenters. The number of nitrogens with one attached hydrogen (secondary N) is 2. The molecule has 2 aromatic rings. The van der Waals surface area contributed by atoms with E-state index in [0.29, 0.717) is 5.92 Å². The van der Waals surface area contributed by atoms with E-state index in [1.807, 2.05) is 6.07 Å². The normalized spacial score (nSPS) is 17.8. The van der Waals surface area contributed by atoms with Gasteiger partial charge in [-0.25, -0.2) is 0 Å². The minimum Gasteiger partial charge on any atom is -0.357 e. The van der Waals surface area contributed by atoms with Crippen LogP contribution < -0.4 is 10.6 Å². The highest BCUT2D eigenvalue weighted by Gasteiger charge is 2.24. The van der Waals surface area contributed by atoms with Crippen molar-refractivity contribution in [2.24, 2.45) is 4.99 Å². The minimum atomic E-state index is 0.239. The number of benzene rings is 2. The maximum absolute atomic E-state index is 4.79. The Bertz CT molecular complexity index is 664. The Morgan fingerprint density at radius 3 is 2.61 bits per heavy atom. The molecule has 1 aliphatic rings. The number of rotatable bonds is 5. The van der Waals surface area contributed by atoms with Crippen LogP contribution in [0.1, 0.15) is 42.5 Å². The van der Waals surface area contributed by atoms with Crippen LogP contribution >= 0.6 is 0 Å². The lowest BCUT2D eigenvalue weighted by Gasteiger charge is -2.29. The van der Waals surface area contributed by atoms with Crippen molar-refractivity contribution in [3.05, 3.63) is 71.3 Å². The molecule has 0 heterocycles. The monoisotopic (exact) mass is 307 g/mol. The van der Waals surface area contributed by atoms with Crippen LogP contribution in [0.4, 0.5) is 0 Å². The van der Waals surface area contributed by atoms with Crippen molar-refractivity contribution in [1.29, 1.82) is 0 Å². The fraction of sp³-hybridized carbons (Fsp3) is 0.350. The first-order valence-corrected chi connectivity index (χ1v) is 8.45. The highest BCUT2D eigenvalue weighted by Crippen LogP contribution is 2.34. The van der Waals surface area contributed by atoms with Gasteiger partial charge in [-0.3, -0.25) is 4.99 Å². The molecule has 23 heavy (non-hydrogen) atoms. The van der Waals surface area contributed by atoms with Crippen molar-refractivity contribution >= 4 is 5.96 Å². The highest BCUT2D eigenvalue weighted by atomic mass is 15.2. The van der Waals surface area contributed by atoms with Crippen LogP contribution in [0.3, 0.4) is 0 Å². The molecule has 0 bridgehead atoms. The van der Waals surface area contributed by atoms with E-state index in [1.165, 1.54) is 16.7 Å². The van der Waals surface area contributed by atoms with E-state index in [-0.39, 0.29) is 6.04 Å². The van der Waals surface area contributed by atoms with Gasteiger partial charge in [0.1, 0.15) is 0 Å². The molecule has 3 nitrogen and oxygen atoms in total. The third-order valence-corrected chi connectivity index (χ3v) is 4.43. The molecule has 0 aromatic heterocycles. The minimum absolute atomic E-state index is 0.239. The molecule has 0 fully saturated rings. The van der Waals surface area contributed by atoms with E-state index < -0.39 is 0 Å². The standard InChI is InChI=1S/C20H25N3/c1-3-21-20(23-15(2)16-9-5-4-6-10-16)22-14-18-13-17-11-7-8-12-19(17)18/h4-12,15,18H,3,13-14H2,1-2H3,(H2,21,22,23).